The summed E-state index contributed by atoms with van der Waals surface area (Å²) >= 11 is 2.85. The molecule has 9 heteroatoms. The fraction of sp³-hybridized carbons (Fsp3) is 0.231. The van der Waals surface area contributed by atoms with Crippen LogP contribution in [0.3, 0.4) is 0 Å². The van der Waals surface area contributed by atoms with E-state index in [0.717, 1.165) is 5.56 Å². The van der Waals surface area contributed by atoms with E-state index in [-0.39, 0.29) is 5.69 Å². The first-order valence-electron chi connectivity index (χ1n) is 6.23. The van der Waals surface area contributed by atoms with Crippen molar-refractivity contribution in [2.75, 3.05) is 7.05 Å². The second-order valence-electron chi connectivity index (χ2n) is 4.17. The van der Waals surface area contributed by atoms with Crippen LogP contribution in [0.15, 0.2) is 22.2 Å². The highest BCUT2D eigenvalue weighted by atomic mass is 32.1. The number of hydrogen-bond acceptors (Lipinski definition) is 7. The molecule has 0 spiro atoms. The van der Waals surface area contributed by atoms with E-state index < -0.39 is 24.0 Å². The number of hydrogen-bond donors (Lipinski definition) is 2. The minimum atomic E-state index is -1.10. The van der Waals surface area contributed by atoms with E-state index in [0.29, 0.717) is 5.01 Å². The zero-order valence-electron chi connectivity index (χ0n) is 11.8. The smallest absolute Gasteiger partial charge is 0.358 e. The van der Waals surface area contributed by atoms with Crippen LogP contribution in [0.1, 0.15) is 17.4 Å². The van der Waals surface area contributed by atoms with Crippen molar-refractivity contribution in [2.24, 2.45) is 0 Å². The Morgan fingerprint density at radius 3 is 2.73 bits per heavy atom. The summed E-state index contributed by atoms with van der Waals surface area (Å²) in [6.07, 6.45) is -1.10. The predicted octanol–water partition coefficient (Wildman–Crippen LogP) is 1.87. The van der Waals surface area contributed by atoms with E-state index in [1.165, 1.54) is 36.6 Å². The van der Waals surface area contributed by atoms with Gasteiger partial charge in [0.25, 0.3) is 5.91 Å². The zero-order valence-corrected chi connectivity index (χ0v) is 13.4. The molecule has 1 unspecified atom stereocenters. The number of thiazole rings is 1. The third kappa shape index (κ3) is 3.89. The molecule has 2 aromatic heterocycles. The molecular weight excluding hydrogens is 326 g/mol. The number of amides is 3. The maximum Gasteiger partial charge on any atom is 0.358 e. The Hall–Kier alpha value is -2.26. The van der Waals surface area contributed by atoms with Gasteiger partial charge in [0.1, 0.15) is 5.01 Å². The first-order chi connectivity index (χ1) is 10.5. The van der Waals surface area contributed by atoms with Crippen LogP contribution in [-0.2, 0) is 9.53 Å². The molecule has 2 N–H and O–H groups in total. The summed E-state index contributed by atoms with van der Waals surface area (Å²) in [5.74, 6) is -1.42. The Morgan fingerprint density at radius 2 is 2.09 bits per heavy atom. The van der Waals surface area contributed by atoms with E-state index >= 15 is 0 Å². The summed E-state index contributed by atoms with van der Waals surface area (Å²) in [6.45, 7) is 1.38. The highest BCUT2D eigenvalue weighted by molar-refractivity contribution is 7.14. The van der Waals surface area contributed by atoms with Crippen LogP contribution in [0.25, 0.3) is 10.6 Å². The van der Waals surface area contributed by atoms with Gasteiger partial charge in [0, 0.05) is 23.4 Å². The van der Waals surface area contributed by atoms with Gasteiger partial charge in [-0.15, -0.1) is 11.3 Å². The highest BCUT2D eigenvalue weighted by Crippen LogP contribution is 2.25. The lowest BCUT2D eigenvalue weighted by molar-refractivity contribution is -0.127. The molecule has 0 saturated carbocycles. The van der Waals surface area contributed by atoms with Crippen LogP contribution in [0.4, 0.5) is 4.79 Å². The lowest BCUT2D eigenvalue weighted by Gasteiger charge is -2.11. The third-order valence-corrected chi connectivity index (χ3v) is 4.17. The molecule has 7 nitrogen and oxygen atoms in total. The van der Waals surface area contributed by atoms with Crippen molar-refractivity contribution in [3.05, 3.63) is 27.9 Å². The minimum Gasteiger partial charge on any atom is -0.448 e. The van der Waals surface area contributed by atoms with Crippen LogP contribution in [0.5, 0.6) is 0 Å². The Kier molecular flexibility index (Phi) is 5.23. The second-order valence-corrected chi connectivity index (χ2v) is 5.80. The number of imide groups is 1. The van der Waals surface area contributed by atoms with Crippen molar-refractivity contribution in [1.82, 2.24) is 15.6 Å². The number of aromatic nitrogens is 1. The van der Waals surface area contributed by atoms with E-state index in [2.05, 4.69) is 10.3 Å². The van der Waals surface area contributed by atoms with Gasteiger partial charge in [-0.1, -0.05) is 0 Å². The number of rotatable bonds is 4. The van der Waals surface area contributed by atoms with Gasteiger partial charge in [-0.05, 0) is 18.4 Å². The SMILES string of the molecule is CNC(=O)NC(=O)C(C)OC(=O)c1csc(-c2ccsc2)n1. The van der Waals surface area contributed by atoms with Crippen molar-refractivity contribution in [3.63, 3.8) is 0 Å². The summed E-state index contributed by atoms with van der Waals surface area (Å²) in [4.78, 5) is 38.8. The van der Waals surface area contributed by atoms with Gasteiger partial charge in [0.15, 0.2) is 11.8 Å². The van der Waals surface area contributed by atoms with Gasteiger partial charge in [0.05, 0.1) is 0 Å². The second kappa shape index (κ2) is 7.14. The first-order valence-corrected chi connectivity index (χ1v) is 8.05. The van der Waals surface area contributed by atoms with Crippen LogP contribution < -0.4 is 10.6 Å². The van der Waals surface area contributed by atoms with Gasteiger partial charge in [0.2, 0.25) is 0 Å². The predicted molar refractivity (Wildman–Crippen MR) is 82.9 cm³/mol. The molecule has 0 aliphatic heterocycles. The molecule has 116 valence electrons. The van der Waals surface area contributed by atoms with Gasteiger partial charge >= 0.3 is 12.0 Å². The average molecular weight is 339 g/mol. The van der Waals surface area contributed by atoms with Gasteiger partial charge in [-0.25, -0.2) is 14.6 Å². The first kappa shape index (κ1) is 16.1. The molecule has 0 bridgehead atoms. The number of thiophene rings is 1. The van der Waals surface area contributed by atoms with Crippen LogP contribution >= 0.6 is 22.7 Å². The molecule has 0 saturated heterocycles. The Morgan fingerprint density at radius 1 is 1.32 bits per heavy atom. The molecule has 2 aromatic rings. The van der Waals surface area contributed by atoms with Crippen molar-refractivity contribution >= 4 is 40.6 Å². The summed E-state index contributed by atoms with van der Waals surface area (Å²) in [5.41, 5.74) is 1.06. The van der Waals surface area contributed by atoms with E-state index in [1.54, 1.807) is 5.38 Å². The quantitative estimate of drug-likeness (QED) is 0.829. The summed E-state index contributed by atoms with van der Waals surface area (Å²) < 4.78 is 4.99. The van der Waals surface area contributed by atoms with E-state index in [4.69, 9.17) is 4.74 Å². The normalized spacial score (nSPS) is 11.5. The third-order valence-electron chi connectivity index (χ3n) is 2.60. The summed E-state index contributed by atoms with van der Waals surface area (Å²) in [5, 5.41) is 10.4. The molecule has 0 aromatic carbocycles. The molecule has 0 fully saturated rings. The van der Waals surface area contributed by atoms with Crippen LogP contribution in [0, 0.1) is 0 Å². The number of nitrogens with zero attached hydrogens (tertiary/aromatic N) is 1. The molecule has 0 radical (unpaired) electrons. The molecule has 22 heavy (non-hydrogen) atoms. The largest absolute Gasteiger partial charge is 0.448 e. The van der Waals surface area contributed by atoms with E-state index in [1.807, 2.05) is 22.1 Å². The molecule has 3 amide bonds. The zero-order chi connectivity index (χ0) is 16.1. The molecule has 0 aliphatic carbocycles. The number of nitrogens with one attached hydrogen (secondary N) is 2. The van der Waals surface area contributed by atoms with E-state index in [9.17, 15) is 14.4 Å². The van der Waals surface area contributed by atoms with Crippen LogP contribution in [-0.4, -0.2) is 36.0 Å². The van der Waals surface area contributed by atoms with Crippen molar-refractivity contribution in [1.29, 1.82) is 0 Å². The fourth-order valence-electron chi connectivity index (χ4n) is 1.44. The molecule has 1 atom stereocenters. The lowest BCUT2D eigenvalue weighted by Crippen LogP contribution is -2.43. The standard InChI is InChI=1S/C13H13N3O4S2/c1-7(10(17)16-13(19)14-2)20-12(18)9-6-22-11(15-9)8-3-4-21-5-8/h3-7H,1-2H3,(H2,14,16,17,19). The maximum absolute atomic E-state index is 11.9. The monoisotopic (exact) mass is 339 g/mol. The number of carbonyl (C=O) groups excluding carboxylic acids is 3. The average Bonchev–Trinajstić information content (AvgIpc) is 3.17. The number of esters is 1. The fourth-order valence-corrected chi connectivity index (χ4v) is 2.94. The van der Waals surface area contributed by atoms with Gasteiger partial charge in [-0.2, -0.15) is 11.3 Å². The minimum absolute atomic E-state index is 0.130. The summed E-state index contributed by atoms with van der Waals surface area (Å²) in [7, 11) is 1.38. The number of ether oxygens (including phenoxy) is 1. The molecule has 0 aliphatic rings. The lowest BCUT2D eigenvalue weighted by atomic mass is 10.3. The van der Waals surface area contributed by atoms with Crippen molar-refractivity contribution in [2.45, 2.75) is 13.0 Å². The van der Waals surface area contributed by atoms with Crippen LogP contribution in [0.2, 0.25) is 0 Å². The topological polar surface area (TPSA) is 97.4 Å². The Balaban J connectivity index is 1.97. The van der Waals surface area contributed by atoms with Crippen molar-refractivity contribution < 1.29 is 19.1 Å². The molecule has 2 heterocycles. The highest BCUT2D eigenvalue weighted by Gasteiger charge is 2.22. The summed E-state index contributed by atoms with van der Waals surface area (Å²) in [6, 6.07) is 1.24. The molecular formula is C13H13N3O4S2. The molecule has 2 rings (SSSR count). The van der Waals surface area contributed by atoms with Gasteiger partial charge in [-0.3, -0.25) is 10.1 Å². The van der Waals surface area contributed by atoms with Gasteiger partial charge < -0.3 is 10.1 Å². The maximum atomic E-state index is 11.9. The Bertz CT molecular complexity index is 681. The number of urea groups is 1. The number of carbonyl (C=O) groups is 3. The van der Waals surface area contributed by atoms with Crippen molar-refractivity contribution in [3.8, 4) is 10.6 Å². The Labute approximate surface area is 134 Å².